The second-order valence-electron chi connectivity index (χ2n) is 3.54. The first-order valence-corrected chi connectivity index (χ1v) is 6.04. The zero-order valence-electron chi connectivity index (χ0n) is 9.84. The molecule has 0 N–H and O–H groups in total. The van der Waals surface area contributed by atoms with Gasteiger partial charge >= 0.3 is 12.1 Å². The number of hydrogen-bond donors (Lipinski definition) is 0. The first-order valence-electron chi connectivity index (χ1n) is 5.25. The number of carbonyl (C=O) groups is 1. The number of rotatable bonds is 3. The van der Waals surface area contributed by atoms with E-state index in [9.17, 15) is 18.0 Å². The minimum atomic E-state index is -4.66. The highest BCUT2D eigenvalue weighted by atomic mass is 79.9. The molecule has 102 valence electrons. The number of benzene rings is 1. The predicted molar refractivity (Wildman–Crippen MR) is 64.2 cm³/mol. The van der Waals surface area contributed by atoms with Gasteiger partial charge < -0.3 is 4.74 Å². The lowest BCUT2D eigenvalue weighted by molar-refractivity contribution is -0.143. The highest BCUT2D eigenvalue weighted by Gasteiger charge is 2.37. The van der Waals surface area contributed by atoms with Gasteiger partial charge in [-0.2, -0.15) is 18.4 Å². The monoisotopic (exact) mass is 335 g/mol. The third-order valence-corrected chi connectivity index (χ3v) is 2.95. The van der Waals surface area contributed by atoms with Crippen LogP contribution in [0.5, 0.6) is 0 Å². The average Bonchev–Trinajstić information content (AvgIpc) is 2.27. The summed E-state index contributed by atoms with van der Waals surface area (Å²) < 4.78 is 43.3. The van der Waals surface area contributed by atoms with Crippen LogP contribution < -0.4 is 0 Å². The zero-order chi connectivity index (χ0) is 14.6. The molecular formula is C12H9BrF3NO2. The van der Waals surface area contributed by atoms with Crippen molar-refractivity contribution in [2.45, 2.75) is 19.5 Å². The Hall–Kier alpha value is -1.55. The fourth-order valence-electron chi connectivity index (χ4n) is 1.57. The molecule has 1 aromatic carbocycles. The van der Waals surface area contributed by atoms with Crippen molar-refractivity contribution >= 4 is 21.9 Å². The van der Waals surface area contributed by atoms with Gasteiger partial charge in [-0.25, -0.2) is 0 Å². The molecule has 0 fully saturated rings. The van der Waals surface area contributed by atoms with Gasteiger partial charge in [0.15, 0.2) is 0 Å². The Kier molecular flexibility index (Phi) is 4.95. The van der Waals surface area contributed by atoms with Crippen molar-refractivity contribution in [2.24, 2.45) is 0 Å². The van der Waals surface area contributed by atoms with Crippen molar-refractivity contribution in [1.29, 1.82) is 5.26 Å². The first kappa shape index (κ1) is 15.5. The molecule has 0 spiro atoms. The molecule has 0 atom stereocenters. The summed E-state index contributed by atoms with van der Waals surface area (Å²) in [5.41, 5.74) is -1.58. The quantitative estimate of drug-likeness (QED) is 0.795. The maximum Gasteiger partial charge on any atom is 0.417 e. The molecule has 0 aliphatic carbocycles. The molecular weight excluding hydrogens is 327 g/mol. The summed E-state index contributed by atoms with van der Waals surface area (Å²) >= 11 is 2.79. The second kappa shape index (κ2) is 6.06. The summed E-state index contributed by atoms with van der Waals surface area (Å²) in [7, 11) is 0. The zero-order valence-corrected chi connectivity index (χ0v) is 11.4. The topological polar surface area (TPSA) is 50.1 Å². The molecule has 0 unspecified atom stereocenters. The van der Waals surface area contributed by atoms with Gasteiger partial charge in [-0.05, 0) is 24.6 Å². The van der Waals surface area contributed by atoms with Crippen LogP contribution in [0.2, 0.25) is 0 Å². The van der Waals surface area contributed by atoms with E-state index in [4.69, 9.17) is 5.26 Å². The first-order chi connectivity index (χ1) is 8.81. The lowest BCUT2D eigenvalue weighted by Crippen LogP contribution is -2.16. The normalized spacial score (nSPS) is 10.9. The predicted octanol–water partition coefficient (Wildman–Crippen LogP) is 3.45. The maximum absolute atomic E-state index is 13.0. The SMILES string of the molecule is CCOC(=O)Cc1c(C#N)ccc(Br)c1C(F)(F)F. The van der Waals surface area contributed by atoms with Crippen molar-refractivity contribution in [1.82, 2.24) is 0 Å². The number of carbonyl (C=O) groups excluding carboxylic acids is 1. The Labute approximate surface area is 116 Å². The second-order valence-corrected chi connectivity index (χ2v) is 4.39. The van der Waals surface area contributed by atoms with Gasteiger partial charge in [-0.15, -0.1) is 0 Å². The van der Waals surface area contributed by atoms with E-state index in [0.717, 1.165) is 6.07 Å². The fraction of sp³-hybridized carbons (Fsp3) is 0.333. The van der Waals surface area contributed by atoms with Crippen molar-refractivity contribution < 1.29 is 22.7 Å². The highest BCUT2D eigenvalue weighted by molar-refractivity contribution is 9.10. The standard InChI is InChI=1S/C12H9BrF3NO2/c1-2-19-10(18)5-8-7(6-17)3-4-9(13)11(8)12(14,15)16/h3-4H,2,5H2,1H3. The van der Waals surface area contributed by atoms with Gasteiger partial charge in [0, 0.05) is 4.47 Å². The molecule has 19 heavy (non-hydrogen) atoms. The summed E-state index contributed by atoms with van der Waals surface area (Å²) in [6, 6.07) is 4.02. The summed E-state index contributed by atoms with van der Waals surface area (Å²) in [4.78, 5) is 11.4. The molecule has 0 radical (unpaired) electrons. The Morgan fingerprint density at radius 2 is 2.11 bits per heavy atom. The van der Waals surface area contributed by atoms with Gasteiger partial charge in [-0.3, -0.25) is 4.79 Å². The van der Waals surface area contributed by atoms with Crippen molar-refractivity contribution in [3.05, 3.63) is 33.3 Å². The van der Waals surface area contributed by atoms with Crippen LogP contribution in [-0.2, 0) is 22.1 Å². The number of halogens is 4. The largest absolute Gasteiger partial charge is 0.466 e. The average molecular weight is 336 g/mol. The molecule has 0 bridgehead atoms. The Morgan fingerprint density at radius 3 is 2.58 bits per heavy atom. The Balaban J connectivity index is 3.37. The number of nitriles is 1. The van der Waals surface area contributed by atoms with Crippen molar-refractivity contribution in [2.75, 3.05) is 6.61 Å². The molecule has 0 saturated heterocycles. The van der Waals surface area contributed by atoms with E-state index in [-0.39, 0.29) is 22.2 Å². The minimum absolute atomic E-state index is 0.0656. The smallest absolute Gasteiger partial charge is 0.417 e. The molecule has 0 heterocycles. The number of nitrogens with zero attached hydrogens (tertiary/aromatic N) is 1. The van der Waals surface area contributed by atoms with E-state index >= 15 is 0 Å². The van der Waals surface area contributed by atoms with E-state index in [1.54, 1.807) is 13.0 Å². The molecule has 0 aliphatic rings. The summed E-state index contributed by atoms with van der Waals surface area (Å²) in [6.07, 6.45) is -5.25. The molecule has 7 heteroatoms. The Bertz CT molecular complexity index is 535. The number of hydrogen-bond acceptors (Lipinski definition) is 3. The maximum atomic E-state index is 13.0. The summed E-state index contributed by atoms with van der Waals surface area (Å²) in [5.74, 6) is -0.803. The van der Waals surface area contributed by atoms with E-state index in [1.807, 2.05) is 0 Å². The fourth-order valence-corrected chi connectivity index (χ4v) is 2.17. The van der Waals surface area contributed by atoms with Gasteiger partial charge in [-0.1, -0.05) is 15.9 Å². The van der Waals surface area contributed by atoms with Gasteiger partial charge in [0.1, 0.15) is 0 Å². The van der Waals surface area contributed by atoms with E-state index in [0.29, 0.717) is 0 Å². The van der Waals surface area contributed by atoms with Crippen LogP contribution in [0.1, 0.15) is 23.6 Å². The lowest BCUT2D eigenvalue weighted by atomic mass is 9.98. The number of ether oxygens (including phenoxy) is 1. The number of alkyl halides is 3. The van der Waals surface area contributed by atoms with Crippen LogP contribution in [0.4, 0.5) is 13.2 Å². The molecule has 0 saturated carbocycles. The Morgan fingerprint density at radius 1 is 1.47 bits per heavy atom. The van der Waals surface area contributed by atoms with Crippen LogP contribution >= 0.6 is 15.9 Å². The molecule has 0 aliphatic heterocycles. The molecule has 3 nitrogen and oxygen atoms in total. The molecule has 0 amide bonds. The lowest BCUT2D eigenvalue weighted by Gasteiger charge is -2.15. The summed E-state index contributed by atoms with van der Waals surface area (Å²) in [5, 5.41) is 8.86. The minimum Gasteiger partial charge on any atom is -0.466 e. The molecule has 1 rings (SSSR count). The van der Waals surface area contributed by atoms with Crippen LogP contribution in [-0.4, -0.2) is 12.6 Å². The van der Waals surface area contributed by atoms with Crippen LogP contribution in [0.25, 0.3) is 0 Å². The third-order valence-electron chi connectivity index (χ3n) is 2.29. The molecule has 0 aromatic heterocycles. The van der Waals surface area contributed by atoms with Crippen molar-refractivity contribution in [3.8, 4) is 6.07 Å². The van der Waals surface area contributed by atoms with Gasteiger partial charge in [0.05, 0.1) is 30.2 Å². The third kappa shape index (κ3) is 3.70. The highest BCUT2D eigenvalue weighted by Crippen LogP contribution is 2.38. The number of esters is 1. The van der Waals surface area contributed by atoms with Crippen LogP contribution in [0.15, 0.2) is 16.6 Å². The van der Waals surface area contributed by atoms with Crippen LogP contribution in [0.3, 0.4) is 0 Å². The van der Waals surface area contributed by atoms with Crippen molar-refractivity contribution in [3.63, 3.8) is 0 Å². The molecule has 1 aromatic rings. The van der Waals surface area contributed by atoms with E-state index < -0.39 is 24.1 Å². The van der Waals surface area contributed by atoms with Gasteiger partial charge in [0.25, 0.3) is 0 Å². The summed E-state index contributed by atoms with van der Waals surface area (Å²) in [6.45, 7) is 1.62. The van der Waals surface area contributed by atoms with E-state index in [1.165, 1.54) is 6.07 Å². The van der Waals surface area contributed by atoms with E-state index in [2.05, 4.69) is 20.7 Å². The van der Waals surface area contributed by atoms with Gasteiger partial charge in [0.2, 0.25) is 0 Å². The van der Waals surface area contributed by atoms with Crippen LogP contribution in [0, 0.1) is 11.3 Å².